The van der Waals surface area contributed by atoms with Crippen molar-refractivity contribution in [3.63, 3.8) is 0 Å². The fourth-order valence-electron chi connectivity index (χ4n) is 1.14. The summed E-state index contributed by atoms with van der Waals surface area (Å²) < 4.78 is 0. The molecule has 0 spiro atoms. The van der Waals surface area contributed by atoms with E-state index >= 15 is 0 Å². The van der Waals surface area contributed by atoms with Crippen LogP contribution in [-0.4, -0.2) is 50.3 Å². The zero-order valence-corrected chi connectivity index (χ0v) is 9.23. The van der Waals surface area contributed by atoms with Crippen LogP contribution in [0.4, 0.5) is 0 Å². The Morgan fingerprint density at radius 3 is 1.42 bits per heavy atom. The van der Waals surface area contributed by atoms with Crippen LogP contribution in [0.1, 0.15) is 31.1 Å². The number of carboxylic acid groups (broad SMARTS) is 4. The average molecular weight is 274 g/mol. The second kappa shape index (κ2) is 8.20. The van der Waals surface area contributed by atoms with Gasteiger partial charge in [0.25, 0.3) is 6.47 Å². The van der Waals surface area contributed by atoms with Crippen LogP contribution in [0.15, 0.2) is 18.2 Å². The van der Waals surface area contributed by atoms with E-state index < -0.39 is 34.6 Å². The maximum absolute atomic E-state index is 10.7. The number of benzene rings is 1. The lowest BCUT2D eigenvalue weighted by Crippen LogP contribution is -2.14. The SMILES string of the molecule is O.O=C(O)c1cccc(C(=O)O)c1C(=O)O.O=CO. The van der Waals surface area contributed by atoms with Crippen LogP contribution >= 0.6 is 0 Å². The molecular formula is C10H10O9. The van der Waals surface area contributed by atoms with Crippen molar-refractivity contribution >= 4 is 24.4 Å². The molecule has 0 bridgehead atoms. The van der Waals surface area contributed by atoms with Gasteiger partial charge in [-0.15, -0.1) is 0 Å². The third-order valence-electron chi connectivity index (χ3n) is 1.74. The summed E-state index contributed by atoms with van der Waals surface area (Å²) >= 11 is 0. The van der Waals surface area contributed by atoms with Crippen molar-refractivity contribution in [2.45, 2.75) is 0 Å². The minimum Gasteiger partial charge on any atom is -0.483 e. The first kappa shape index (κ1) is 18.4. The van der Waals surface area contributed by atoms with Gasteiger partial charge in [0.15, 0.2) is 0 Å². The molecule has 9 nitrogen and oxygen atoms in total. The first-order valence-corrected chi connectivity index (χ1v) is 4.27. The van der Waals surface area contributed by atoms with E-state index in [0.29, 0.717) is 0 Å². The van der Waals surface area contributed by atoms with Crippen LogP contribution in [0.2, 0.25) is 0 Å². The van der Waals surface area contributed by atoms with Gasteiger partial charge in [-0.1, -0.05) is 6.07 Å². The number of rotatable bonds is 3. The van der Waals surface area contributed by atoms with Gasteiger partial charge in [0.05, 0.1) is 16.7 Å². The molecule has 0 fully saturated rings. The van der Waals surface area contributed by atoms with Crippen molar-refractivity contribution in [1.29, 1.82) is 0 Å². The van der Waals surface area contributed by atoms with E-state index in [1.807, 2.05) is 0 Å². The van der Waals surface area contributed by atoms with Gasteiger partial charge in [-0.2, -0.15) is 0 Å². The Morgan fingerprint density at radius 1 is 0.895 bits per heavy atom. The molecule has 0 aliphatic rings. The molecule has 0 unspecified atom stereocenters. The number of aromatic carboxylic acids is 3. The highest BCUT2D eigenvalue weighted by atomic mass is 16.4. The van der Waals surface area contributed by atoms with Crippen molar-refractivity contribution < 1.29 is 45.1 Å². The molecule has 0 saturated carbocycles. The predicted molar refractivity (Wildman–Crippen MR) is 59.6 cm³/mol. The van der Waals surface area contributed by atoms with E-state index in [1.165, 1.54) is 6.07 Å². The molecule has 0 atom stereocenters. The van der Waals surface area contributed by atoms with E-state index in [0.717, 1.165) is 12.1 Å². The lowest BCUT2D eigenvalue weighted by atomic mass is 10.0. The van der Waals surface area contributed by atoms with Gasteiger partial charge in [-0.3, -0.25) is 4.79 Å². The Bertz CT molecular complexity index is 460. The van der Waals surface area contributed by atoms with E-state index in [9.17, 15) is 14.4 Å². The largest absolute Gasteiger partial charge is 0.483 e. The number of hydrogen-bond acceptors (Lipinski definition) is 4. The van der Waals surface area contributed by atoms with Crippen LogP contribution in [0.3, 0.4) is 0 Å². The minimum atomic E-state index is -1.58. The molecule has 0 aliphatic carbocycles. The summed E-state index contributed by atoms with van der Waals surface area (Å²) in [5, 5.41) is 32.9. The third kappa shape index (κ3) is 4.83. The smallest absolute Gasteiger partial charge is 0.337 e. The highest BCUT2D eigenvalue weighted by Gasteiger charge is 2.22. The summed E-state index contributed by atoms with van der Waals surface area (Å²) in [6.07, 6.45) is 0. The lowest BCUT2D eigenvalue weighted by molar-refractivity contribution is -0.122. The molecule has 6 N–H and O–H groups in total. The third-order valence-corrected chi connectivity index (χ3v) is 1.74. The van der Waals surface area contributed by atoms with Crippen molar-refractivity contribution in [3.8, 4) is 0 Å². The van der Waals surface area contributed by atoms with Gasteiger partial charge in [0, 0.05) is 0 Å². The summed E-state index contributed by atoms with van der Waals surface area (Å²) in [7, 11) is 0. The highest BCUT2D eigenvalue weighted by Crippen LogP contribution is 2.15. The number of carboxylic acids is 3. The topological polar surface area (TPSA) is 181 Å². The molecule has 1 rings (SSSR count). The molecule has 0 saturated heterocycles. The van der Waals surface area contributed by atoms with Crippen LogP contribution < -0.4 is 0 Å². The Labute approximate surface area is 105 Å². The fourth-order valence-corrected chi connectivity index (χ4v) is 1.14. The molecule has 1 aromatic carbocycles. The number of hydrogen-bond donors (Lipinski definition) is 4. The van der Waals surface area contributed by atoms with Crippen LogP contribution in [0.25, 0.3) is 0 Å². The van der Waals surface area contributed by atoms with E-state index in [-0.39, 0.29) is 11.9 Å². The zero-order valence-electron chi connectivity index (χ0n) is 9.23. The Balaban J connectivity index is 0. The quantitative estimate of drug-likeness (QED) is 0.539. The monoisotopic (exact) mass is 274 g/mol. The normalized spacial score (nSPS) is 8.21. The molecule has 1 aromatic rings. The summed E-state index contributed by atoms with van der Waals surface area (Å²) in [6.45, 7) is -0.250. The van der Waals surface area contributed by atoms with Gasteiger partial charge in [0.1, 0.15) is 0 Å². The highest BCUT2D eigenvalue weighted by molar-refractivity contribution is 6.08. The summed E-state index contributed by atoms with van der Waals surface area (Å²) in [4.78, 5) is 40.4. The molecule has 9 heteroatoms. The lowest BCUT2D eigenvalue weighted by Gasteiger charge is -2.04. The van der Waals surface area contributed by atoms with Crippen molar-refractivity contribution in [3.05, 3.63) is 34.9 Å². The van der Waals surface area contributed by atoms with Gasteiger partial charge in [-0.05, 0) is 12.1 Å². The molecule has 0 heterocycles. The van der Waals surface area contributed by atoms with Gasteiger partial charge >= 0.3 is 17.9 Å². The number of carbonyl (C=O) groups is 4. The van der Waals surface area contributed by atoms with E-state index in [4.69, 9.17) is 25.2 Å². The second-order valence-electron chi connectivity index (χ2n) is 2.75. The standard InChI is InChI=1S/C9H6O6.CH2O2.H2O/c10-7(11)4-2-1-3-5(8(12)13)6(4)9(14)15;2-1-3;/h1-3H,(H,10,11)(H,12,13)(H,14,15);1H,(H,2,3);1H2. The van der Waals surface area contributed by atoms with E-state index in [2.05, 4.69) is 0 Å². The molecule has 0 amide bonds. The fraction of sp³-hybridized carbons (Fsp3) is 0. The van der Waals surface area contributed by atoms with Crippen molar-refractivity contribution in [2.75, 3.05) is 0 Å². The van der Waals surface area contributed by atoms with E-state index in [1.54, 1.807) is 0 Å². The van der Waals surface area contributed by atoms with Crippen molar-refractivity contribution in [1.82, 2.24) is 0 Å². The van der Waals surface area contributed by atoms with Crippen LogP contribution in [-0.2, 0) is 4.79 Å². The maximum atomic E-state index is 10.7. The first-order valence-electron chi connectivity index (χ1n) is 4.27. The minimum absolute atomic E-state index is 0. The average Bonchev–Trinajstić information content (AvgIpc) is 2.28. The Morgan fingerprint density at radius 2 is 1.21 bits per heavy atom. The van der Waals surface area contributed by atoms with Gasteiger partial charge in [-0.25, -0.2) is 14.4 Å². The zero-order chi connectivity index (χ0) is 14.3. The Hall–Kier alpha value is -2.94. The van der Waals surface area contributed by atoms with Crippen LogP contribution in [0.5, 0.6) is 0 Å². The molecular weight excluding hydrogens is 264 g/mol. The van der Waals surface area contributed by atoms with Gasteiger partial charge < -0.3 is 25.9 Å². The Kier molecular flexibility index (Phi) is 7.95. The van der Waals surface area contributed by atoms with Gasteiger partial charge in [0.2, 0.25) is 0 Å². The molecule has 19 heavy (non-hydrogen) atoms. The maximum Gasteiger partial charge on any atom is 0.337 e. The molecule has 0 aromatic heterocycles. The molecule has 104 valence electrons. The molecule has 0 radical (unpaired) electrons. The first-order chi connectivity index (χ1) is 8.36. The summed E-state index contributed by atoms with van der Waals surface area (Å²) in [5.41, 5.74) is -1.79. The summed E-state index contributed by atoms with van der Waals surface area (Å²) in [6, 6.07) is 3.26. The predicted octanol–water partition coefficient (Wildman–Crippen LogP) is -0.343. The van der Waals surface area contributed by atoms with Crippen LogP contribution in [0, 0.1) is 0 Å². The summed E-state index contributed by atoms with van der Waals surface area (Å²) in [5.74, 6) is -4.53. The van der Waals surface area contributed by atoms with Crippen molar-refractivity contribution in [2.24, 2.45) is 0 Å². The second-order valence-corrected chi connectivity index (χ2v) is 2.75. The molecule has 0 aliphatic heterocycles.